The first-order valence-corrected chi connectivity index (χ1v) is 11.0. The standard InChI is InChI=1S/C29H19F7/c1-2-17-3-5-18(6-4-17)19-7-9-22(25(30)13-19)20-8-10-23(26(31)14-20)21-15-27(32)24(28(33)16-21)11-12-29(34,35)36/h3-16H,2H2,1H3. The molecule has 4 rings (SSSR count). The highest BCUT2D eigenvalue weighted by Gasteiger charge is 2.23. The van der Waals surface area contributed by atoms with E-state index in [9.17, 15) is 30.7 Å². The van der Waals surface area contributed by atoms with Crippen LogP contribution in [0.3, 0.4) is 0 Å². The molecule has 0 bridgehead atoms. The minimum atomic E-state index is -4.74. The van der Waals surface area contributed by atoms with E-state index in [-0.39, 0.29) is 34.4 Å². The summed E-state index contributed by atoms with van der Waals surface area (Å²) in [7, 11) is 0. The van der Waals surface area contributed by atoms with Crippen LogP contribution in [0, 0.1) is 23.3 Å². The number of alkyl halides is 3. The molecule has 0 aliphatic carbocycles. The predicted molar refractivity (Wildman–Crippen MR) is 127 cm³/mol. The maximum absolute atomic E-state index is 14.9. The minimum Gasteiger partial charge on any atom is -0.206 e. The Hall–Kier alpha value is -3.87. The number of rotatable bonds is 5. The lowest BCUT2D eigenvalue weighted by atomic mass is 9.96. The van der Waals surface area contributed by atoms with Crippen LogP contribution in [0.1, 0.15) is 18.1 Å². The van der Waals surface area contributed by atoms with Gasteiger partial charge in [-0.1, -0.05) is 55.5 Å². The van der Waals surface area contributed by atoms with Crippen molar-refractivity contribution < 1.29 is 30.7 Å². The second kappa shape index (κ2) is 10.0. The molecule has 184 valence electrons. The van der Waals surface area contributed by atoms with Crippen molar-refractivity contribution in [1.29, 1.82) is 0 Å². The lowest BCUT2D eigenvalue weighted by Gasteiger charge is -2.11. The smallest absolute Gasteiger partial charge is 0.206 e. The van der Waals surface area contributed by atoms with Crippen LogP contribution in [0.15, 0.2) is 78.9 Å². The molecule has 0 radical (unpaired) electrons. The Kier molecular flexibility index (Phi) is 7.02. The van der Waals surface area contributed by atoms with Gasteiger partial charge in [0.25, 0.3) is 0 Å². The van der Waals surface area contributed by atoms with Gasteiger partial charge in [-0.15, -0.1) is 0 Å². The fraction of sp³-hybridized carbons (Fsp3) is 0.103. The van der Waals surface area contributed by atoms with E-state index in [4.69, 9.17) is 0 Å². The number of allylic oxidation sites excluding steroid dienone is 1. The molecule has 0 heterocycles. The highest BCUT2D eigenvalue weighted by molar-refractivity contribution is 5.75. The Morgan fingerprint density at radius 3 is 1.58 bits per heavy atom. The highest BCUT2D eigenvalue weighted by atomic mass is 19.4. The minimum absolute atomic E-state index is 0.138. The van der Waals surface area contributed by atoms with Crippen LogP contribution in [-0.2, 0) is 6.42 Å². The Labute approximate surface area is 203 Å². The van der Waals surface area contributed by atoms with Gasteiger partial charge in [-0.05, 0) is 64.6 Å². The normalized spacial score (nSPS) is 11.9. The largest absolute Gasteiger partial charge is 0.409 e. The second-order valence-corrected chi connectivity index (χ2v) is 8.17. The molecular formula is C29H19F7. The van der Waals surface area contributed by atoms with Gasteiger partial charge in [0.2, 0.25) is 0 Å². The predicted octanol–water partition coefficient (Wildman–Crippen LogP) is 9.38. The van der Waals surface area contributed by atoms with Crippen LogP contribution in [0.25, 0.3) is 39.5 Å². The quantitative estimate of drug-likeness (QED) is 0.240. The van der Waals surface area contributed by atoms with Gasteiger partial charge >= 0.3 is 6.18 Å². The fourth-order valence-electron chi connectivity index (χ4n) is 3.86. The van der Waals surface area contributed by atoms with Gasteiger partial charge in [-0.25, -0.2) is 17.6 Å². The van der Waals surface area contributed by atoms with Crippen molar-refractivity contribution in [2.24, 2.45) is 0 Å². The number of hydrogen-bond donors (Lipinski definition) is 0. The summed E-state index contributed by atoms with van der Waals surface area (Å²) in [6, 6.07) is 17.5. The molecule has 0 aliphatic heterocycles. The SMILES string of the molecule is CCc1ccc(-c2ccc(-c3ccc(-c4cc(F)c(C=CC(F)(F)F)c(F)c4)c(F)c3)c(F)c2)cc1. The number of aryl methyl sites for hydroxylation is 1. The Bertz CT molecular complexity index is 1410. The van der Waals surface area contributed by atoms with E-state index in [1.165, 1.54) is 24.3 Å². The molecule has 0 unspecified atom stereocenters. The molecule has 0 fully saturated rings. The number of halogens is 7. The van der Waals surface area contributed by atoms with Crippen molar-refractivity contribution in [3.63, 3.8) is 0 Å². The molecular weight excluding hydrogens is 481 g/mol. The van der Waals surface area contributed by atoms with E-state index in [1.807, 2.05) is 31.2 Å². The molecule has 0 saturated heterocycles. The first-order chi connectivity index (χ1) is 17.1. The molecule has 0 aromatic heterocycles. The first-order valence-electron chi connectivity index (χ1n) is 11.0. The van der Waals surface area contributed by atoms with Crippen LogP contribution in [0.2, 0.25) is 0 Å². The van der Waals surface area contributed by atoms with E-state index in [0.717, 1.165) is 35.7 Å². The molecule has 36 heavy (non-hydrogen) atoms. The summed E-state index contributed by atoms with van der Waals surface area (Å²) in [6.45, 7) is 2.03. The van der Waals surface area contributed by atoms with E-state index in [1.54, 1.807) is 6.07 Å². The van der Waals surface area contributed by atoms with Crippen molar-refractivity contribution in [1.82, 2.24) is 0 Å². The van der Waals surface area contributed by atoms with Gasteiger partial charge in [0.15, 0.2) is 0 Å². The molecule has 0 atom stereocenters. The van der Waals surface area contributed by atoms with Gasteiger partial charge in [-0.2, -0.15) is 13.2 Å². The Morgan fingerprint density at radius 2 is 1.06 bits per heavy atom. The molecule has 0 amide bonds. The summed E-state index contributed by atoms with van der Waals surface area (Å²) in [5, 5.41) is 0. The lowest BCUT2D eigenvalue weighted by molar-refractivity contribution is -0.0790. The fourth-order valence-corrected chi connectivity index (χ4v) is 3.86. The van der Waals surface area contributed by atoms with Gasteiger partial charge in [0.1, 0.15) is 23.3 Å². The maximum atomic E-state index is 14.9. The van der Waals surface area contributed by atoms with Crippen LogP contribution in [0.4, 0.5) is 30.7 Å². The van der Waals surface area contributed by atoms with Crippen LogP contribution in [0.5, 0.6) is 0 Å². The van der Waals surface area contributed by atoms with Gasteiger partial charge in [0.05, 0.1) is 0 Å². The second-order valence-electron chi connectivity index (χ2n) is 8.17. The van der Waals surface area contributed by atoms with Gasteiger partial charge in [0, 0.05) is 22.8 Å². The summed E-state index contributed by atoms with van der Waals surface area (Å²) in [4.78, 5) is 0. The number of benzene rings is 4. The summed E-state index contributed by atoms with van der Waals surface area (Å²) in [5.74, 6) is -3.99. The molecule has 4 aromatic rings. The third-order valence-corrected chi connectivity index (χ3v) is 5.77. The number of hydrogen-bond acceptors (Lipinski definition) is 0. The monoisotopic (exact) mass is 500 g/mol. The molecule has 7 heteroatoms. The molecule has 4 aromatic carbocycles. The summed E-state index contributed by atoms with van der Waals surface area (Å²) >= 11 is 0. The zero-order chi connectivity index (χ0) is 26.0. The highest BCUT2D eigenvalue weighted by Crippen LogP contribution is 2.33. The average Bonchev–Trinajstić information content (AvgIpc) is 2.82. The van der Waals surface area contributed by atoms with Crippen LogP contribution in [-0.4, -0.2) is 6.18 Å². The Balaban J connectivity index is 1.64. The molecule has 0 nitrogen and oxygen atoms in total. The van der Waals surface area contributed by atoms with Crippen molar-refractivity contribution in [2.45, 2.75) is 19.5 Å². The first kappa shape index (κ1) is 25.2. The van der Waals surface area contributed by atoms with Crippen molar-refractivity contribution in [2.75, 3.05) is 0 Å². The molecule has 0 spiro atoms. The molecule has 0 aliphatic rings. The maximum Gasteiger partial charge on any atom is 0.409 e. The topological polar surface area (TPSA) is 0 Å². The van der Waals surface area contributed by atoms with Crippen molar-refractivity contribution in [3.05, 3.63) is 113 Å². The van der Waals surface area contributed by atoms with Crippen LogP contribution < -0.4 is 0 Å². The zero-order valence-electron chi connectivity index (χ0n) is 18.9. The van der Waals surface area contributed by atoms with Gasteiger partial charge in [-0.3, -0.25) is 0 Å². The van der Waals surface area contributed by atoms with E-state index in [2.05, 4.69) is 0 Å². The lowest BCUT2D eigenvalue weighted by Crippen LogP contribution is -2.01. The van der Waals surface area contributed by atoms with E-state index < -0.39 is 35.0 Å². The van der Waals surface area contributed by atoms with E-state index >= 15 is 0 Å². The van der Waals surface area contributed by atoms with Crippen molar-refractivity contribution >= 4 is 6.08 Å². The third kappa shape index (κ3) is 5.51. The van der Waals surface area contributed by atoms with Crippen LogP contribution >= 0.6 is 0 Å². The third-order valence-electron chi connectivity index (χ3n) is 5.77. The molecule has 0 N–H and O–H groups in total. The summed E-state index contributed by atoms with van der Waals surface area (Å²) in [5.41, 5.74) is 1.71. The van der Waals surface area contributed by atoms with Gasteiger partial charge < -0.3 is 0 Å². The van der Waals surface area contributed by atoms with E-state index in [0.29, 0.717) is 5.56 Å². The zero-order valence-corrected chi connectivity index (χ0v) is 18.9. The average molecular weight is 500 g/mol. The summed E-state index contributed by atoms with van der Waals surface area (Å²) in [6.07, 6.45) is -3.87. The summed E-state index contributed by atoms with van der Waals surface area (Å²) < 4.78 is 95.4. The van der Waals surface area contributed by atoms with Crippen molar-refractivity contribution in [3.8, 4) is 33.4 Å². The Morgan fingerprint density at radius 1 is 0.583 bits per heavy atom. The molecule has 0 saturated carbocycles.